The predicted molar refractivity (Wildman–Crippen MR) is 326 cm³/mol. The molecule has 0 saturated carbocycles. The first-order chi connectivity index (χ1) is 41.6. The lowest BCUT2D eigenvalue weighted by Crippen LogP contribution is -2.66. The van der Waals surface area contributed by atoms with Gasteiger partial charge in [-0.15, -0.1) is 0 Å². The van der Waals surface area contributed by atoms with Gasteiger partial charge in [0.15, 0.2) is 20.9 Å². The van der Waals surface area contributed by atoms with Crippen molar-refractivity contribution in [2.45, 2.75) is 155 Å². The van der Waals surface area contributed by atoms with E-state index >= 15 is 0 Å². The first kappa shape index (κ1) is 63.5. The van der Waals surface area contributed by atoms with Gasteiger partial charge in [0.2, 0.25) is 29.6 Å². The summed E-state index contributed by atoms with van der Waals surface area (Å²) in [5.74, 6) is -0.419. The summed E-state index contributed by atoms with van der Waals surface area (Å²) >= 11 is 0. The summed E-state index contributed by atoms with van der Waals surface area (Å²) in [7, 11) is 0.612. The van der Waals surface area contributed by atoms with Crippen LogP contribution in [0.4, 0.5) is 11.9 Å². The Kier molecular flexibility index (Phi) is 20.0. The lowest BCUT2D eigenvalue weighted by atomic mass is 9.97. The van der Waals surface area contributed by atoms with E-state index in [2.05, 4.69) is 54.4 Å². The van der Waals surface area contributed by atoms with Crippen molar-refractivity contribution in [1.29, 1.82) is 0 Å². The Morgan fingerprint density at radius 1 is 0.828 bits per heavy atom. The van der Waals surface area contributed by atoms with Gasteiger partial charge in [0.25, 0.3) is 12.4 Å². The third-order valence-corrected chi connectivity index (χ3v) is 20.6. The molecule has 6 heterocycles. The fourth-order valence-corrected chi connectivity index (χ4v) is 12.0. The number of primary amides is 2. The predicted octanol–water partition coefficient (Wildman–Crippen LogP) is 7.69. The van der Waals surface area contributed by atoms with Crippen LogP contribution in [0.5, 0.6) is 17.4 Å². The van der Waals surface area contributed by atoms with Gasteiger partial charge in [0.05, 0.1) is 49.4 Å². The maximum absolute atomic E-state index is 14.3. The Bertz CT molecular complexity index is 3630. The molecule has 3 aromatic carbocycles. The van der Waals surface area contributed by atoms with Crippen molar-refractivity contribution in [1.82, 2.24) is 38.7 Å². The van der Waals surface area contributed by atoms with E-state index < -0.39 is 63.0 Å². The van der Waals surface area contributed by atoms with Gasteiger partial charge < -0.3 is 68.7 Å². The third-order valence-electron chi connectivity index (χ3n) is 16.2. The topological polar surface area (TPSA) is 313 Å². The number of rotatable bonds is 28. The highest BCUT2D eigenvalue weighted by molar-refractivity contribution is 6.74. The van der Waals surface area contributed by atoms with E-state index in [0.717, 1.165) is 29.7 Å². The smallest absolute Gasteiger partial charge is 0.299 e. The van der Waals surface area contributed by atoms with E-state index in [9.17, 15) is 19.2 Å². The van der Waals surface area contributed by atoms with Gasteiger partial charge in [0.1, 0.15) is 52.6 Å². The van der Waals surface area contributed by atoms with Gasteiger partial charge >= 0.3 is 0 Å². The minimum absolute atomic E-state index is 0.133. The molecular weight excluding hydrogens is 1140 g/mol. The first-order valence-corrected chi connectivity index (χ1v) is 32.1. The lowest BCUT2D eigenvalue weighted by molar-refractivity contribution is -0.360. The first-order valence-electron chi connectivity index (χ1n) is 29.2. The summed E-state index contributed by atoms with van der Waals surface area (Å²) in [5.41, 5.74) is 23.8. The fourth-order valence-electron chi connectivity index (χ4n) is 10.7. The number of amides is 3. The molecule has 26 heteroatoms. The number of aromatic nitrogens is 8. The summed E-state index contributed by atoms with van der Waals surface area (Å²) < 4.78 is 63.4. The molecule has 0 spiro atoms. The second-order valence-corrected chi connectivity index (χ2v) is 27.9. The number of nitrogens with one attached hydrogen (secondary N) is 1. The third kappa shape index (κ3) is 14.1. The molecule has 2 saturated heterocycles. The second-order valence-electron chi connectivity index (χ2n) is 23.1. The molecule has 87 heavy (non-hydrogen) atoms. The number of fused-ring (bicyclic) bond motifs is 3. The van der Waals surface area contributed by atoms with Crippen molar-refractivity contribution < 1.29 is 61.5 Å². The van der Waals surface area contributed by atoms with Gasteiger partial charge in [-0.05, 0) is 88.5 Å². The van der Waals surface area contributed by atoms with Crippen molar-refractivity contribution >= 4 is 66.5 Å². The molecule has 4 aromatic heterocycles. The minimum atomic E-state index is -2.43. The van der Waals surface area contributed by atoms with Crippen LogP contribution in [-0.4, -0.2) is 136 Å². The van der Waals surface area contributed by atoms with Crippen LogP contribution in [0.15, 0.2) is 72.8 Å². The van der Waals surface area contributed by atoms with Crippen molar-refractivity contribution in [3.05, 3.63) is 112 Å². The summed E-state index contributed by atoms with van der Waals surface area (Å²) in [5, 5.41) is 12.0. The number of nitrogens with two attached hydrogens (primary N) is 3. The molecule has 466 valence electrons. The van der Waals surface area contributed by atoms with Crippen LogP contribution in [0.3, 0.4) is 0 Å². The van der Waals surface area contributed by atoms with Crippen LogP contribution >= 0.6 is 0 Å². The molecule has 6 atom stereocenters. The Morgan fingerprint density at radius 3 is 2.18 bits per heavy atom. The van der Waals surface area contributed by atoms with Crippen molar-refractivity contribution in [3.63, 3.8) is 0 Å². The number of hydrogen-bond donors (Lipinski definition) is 4. The van der Waals surface area contributed by atoms with E-state index in [1.165, 1.54) is 13.2 Å². The van der Waals surface area contributed by atoms with Crippen LogP contribution < -0.4 is 36.7 Å². The highest BCUT2D eigenvalue weighted by atomic mass is 28.4. The van der Waals surface area contributed by atoms with Crippen LogP contribution in [0.1, 0.15) is 113 Å². The zero-order valence-corrected chi connectivity index (χ0v) is 52.1. The number of ether oxygens (including phenoxy) is 8. The quantitative estimate of drug-likeness (QED) is 0.0158. The number of aryl methyl sites for hydroxylation is 4. The Hall–Kier alpha value is -7.98. The van der Waals surface area contributed by atoms with Gasteiger partial charge in [-0.2, -0.15) is 10.2 Å². The molecular formula is C61H80N12O13Si. The zero-order chi connectivity index (χ0) is 62.3. The van der Waals surface area contributed by atoms with Gasteiger partial charge in [-0.3, -0.25) is 29.2 Å². The van der Waals surface area contributed by atoms with Crippen LogP contribution in [-0.2, 0) is 65.5 Å². The number of carbonyl (C=O) groups excluding carboxylic acids is 4. The molecule has 0 radical (unpaired) electrons. The maximum atomic E-state index is 14.3. The molecule has 2 fully saturated rings. The highest BCUT2D eigenvalue weighted by Gasteiger charge is 2.54. The molecule has 0 aliphatic carbocycles. The second kappa shape index (κ2) is 27.4. The number of anilines is 2. The van der Waals surface area contributed by atoms with Gasteiger partial charge in [-0.25, -0.2) is 14.6 Å². The number of carbonyl (C=O) groups is 4. The molecule has 7 aromatic rings. The fraction of sp³-hybridized carbons (Fsp3) is 0.475. The molecule has 0 bridgehead atoms. The van der Waals surface area contributed by atoms with E-state index in [-0.39, 0.29) is 61.0 Å². The highest BCUT2D eigenvalue weighted by Crippen LogP contribution is 2.43. The average Bonchev–Trinajstić information content (AvgIpc) is 2.05. The standard InChI is InChI=1S/C61H80N12O13Si/c1-11-72-56(83-35-74)41(37(3)69-72)23-16-13-17-26-73-44(29-36(2)68-73)55(77)67-60-66-43-31-39(53(62)75)32-45(78-7)48(43)71(60)25-19-18-24-70-49-42(65-59(70)64)30-40(54(63)76)33-46(49)80-27-20-28-81-52-51(86-87(9,10)61(4,5)6)50-47(84-58(52)79-8)34-82-57(85-50)38-21-14-12-15-22-38/h12,14-15,18-19,21-22,29-33,35,47,50-52,57-58H,11,13,16-17,20,23-28,34H2,1-10H3,(H2,62,75)(H2,63,76)(H2,64,65)(H,66,67,77)/b19-18+/t47-,50-,51+,52-,57?,58+/m1/s1. The number of allylic oxidation sites excluding steroid dienone is 2. The van der Waals surface area contributed by atoms with E-state index in [1.54, 1.807) is 49.9 Å². The van der Waals surface area contributed by atoms with E-state index in [4.69, 9.17) is 64.5 Å². The number of nitrogens with zero attached hydrogens (tertiary/aromatic N) is 8. The average molecular weight is 1220 g/mol. The van der Waals surface area contributed by atoms with E-state index in [1.807, 2.05) is 63.3 Å². The molecule has 9 rings (SSSR count). The number of methoxy groups -OCH3 is 2. The minimum Gasteiger partial charge on any atom is -0.494 e. The summed E-state index contributed by atoms with van der Waals surface area (Å²) in [4.78, 5) is 60.1. The maximum Gasteiger partial charge on any atom is 0.299 e. The molecule has 7 N–H and O–H groups in total. The normalized spacial score (nSPS) is 19.0. The molecule has 2 aliphatic rings. The Morgan fingerprint density at radius 2 is 1.52 bits per heavy atom. The number of unbranched alkanes of at least 4 members (excludes halogenated alkanes) is 2. The Labute approximate surface area is 505 Å². The van der Waals surface area contributed by atoms with Gasteiger partial charge in [-0.1, -0.05) is 69.7 Å². The SMILES string of the molecule is CCn1nc(C)c(CCCCCn2nc(C)cc2C(=O)Nc2nc3cc(C(N)=O)cc(OC)c3n2C/C=C/Cn2c(N)nc3cc(C(N)=O)cc(OCCCO[C@H]4[C@@H](OC)O[C@@H]5COC(c6ccccc6)O[C@H]5[C@@H]4O[Si](C)(C)C(C)(C)C)c32)c1OC=O. The lowest BCUT2D eigenvalue weighted by Gasteiger charge is -2.51. The molecule has 1 unspecified atom stereocenters. The summed E-state index contributed by atoms with van der Waals surface area (Å²) in [6, 6.07) is 17.7. The molecule has 2 aliphatic heterocycles. The number of hydrogen-bond acceptors (Lipinski definition) is 18. The summed E-state index contributed by atoms with van der Waals surface area (Å²) in [6.45, 7) is 19.0. The monoisotopic (exact) mass is 1220 g/mol. The van der Waals surface area contributed by atoms with Crippen LogP contribution in [0.25, 0.3) is 22.1 Å². The number of benzene rings is 3. The van der Waals surface area contributed by atoms with Crippen molar-refractivity contribution in [2.24, 2.45) is 11.5 Å². The number of nitrogen functional groups attached to an aromatic ring is 1. The summed E-state index contributed by atoms with van der Waals surface area (Å²) in [6.07, 6.45) is 3.42. The zero-order valence-electron chi connectivity index (χ0n) is 51.1. The Balaban J connectivity index is 0.902. The van der Waals surface area contributed by atoms with E-state index in [0.29, 0.717) is 89.7 Å². The van der Waals surface area contributed by atoms with Crippen molar-refractivity contribution in [2.75, 3.05) is 45.1 Å². The molecule has 25 nitrogen and oxygen atoms in total. The largest absolute Gasteiger partial charge is 0.494 e. The van der Waals surface area contributed by atoms with Crippen LogP contribution in [0, 0.1) is 13.8 Å². The number of imidazole rings is 2. The van der Waals surface area contributed by atoms with Crippen molar-refractivity contribution in [3.8, 4) is 17.4 Å². The van der Waals surface area contributed by atoms with Gasteiger partial charge in [0, 0.05) is 62.0 Å². The molecule has 3 amide bonds. The van der Waals surface area contributed by atoms with Crippen LogP contribution in [0.2, 0.25) is 18.1 Å².